The van der Waals surface area contributed by atoms with Gasteiger partial charge in [0.1, 0.15) is 0 Å². The summed E-state index contributed by atoms with van der Waals surface area (Å²) in [6, 6.07) is 1.62. The predicted molar refractivity (Wildman–Crippen MR) is 140 cm³/mol. The van der Waals surface area contributed by atoms with E-state index in [-0.39, 0.29) is 11.9 Å². The fourth-order valence-corrected chi connectivity index (χ4v) is 15.6. The molecule has 0 amide bonds. The van der Waals surface area contributed by atoms with Crippen molar-refractivity contribution in [2.75, 3.05) is 19.8 Å². The van der Waals surface area contributed by atoms with E-state index in [2.05, 4.69) is 13.8 Å². The highest BCUT2D eigenvalue weighted by Gasteiger charge is 2.53. The molecule has 2 rings (SSSR count). The van der Waals surface area contributed by atoms with Gasteiger partial charge in [0.15, 0.2) is 0 Å². The van der Waals surface area contributed by atoms with E-state index in [1.165, 1.54) is 64.2 Å². The average Bonchev–Trinajstić information content (AvgIpc) is 2.80. The Bertz CT molecular complexity index is 524. The van der Waals surface area contributed by atoms with Crippen LogP contribution in [0.2, 0.25) is 23.2 Å². The molecule has 5 nitrogen and oxygen atoms in total. The van der Waals surface area contributed by atoms with Crippen molar-refractivity contribution in [3.8, 4) is 0 Å². The molecule has 0 N–H and O–H groups in total. The van der Waals surface area contributed by atoms with Gasteiger partial charge in [-0.15, -0.1) is 0 Å². The third kappa shape index (κ3) is 8.16. The van der Waals surface area contributed by atoms with Gasteiger partial charge in [0.2, 0.25) is 0 Å². The Hall–Kier alpha value is -0.216. The zero-order chi connectivity index (χ0) is 24.3. The van der Waals surface area contributed by atoms with Gasteiger partial charge >= 0.3 is 8.80 Å². The summed E-state index contributed by atoms with van der Waals surface area (Å²) in [6.45, 7) is 14.1. The number of carbonyl (C=O) groups excluding carboxylic acids is 1. The molecule has 1 atom stereocenters. The van der Waals surface area contributed by atoms with Gasteiger partial charge in [-0.3, -0.25) is 4.79 Å². The summed E-state index contributed by atoms with van der Waals surface area (Å²) in [5.74, 6) is 0.273. The van der Waals surface area contributed by atoms with Crippen LogP contribution in [0.5, 0.6) is 0 Å². The highest BCUT2D eigenvalue weighted by atomic mass is 28.4. The summed E-state index contributed by atoms with van der Waals surface area (Å²) in [5.41, 5.74) is 1.25. The molecule has 0 spiro atoms. The van der Waals surface area contributed by atoms with Crippen molar-refractivity contribution in [3.05, 3.63) is 0 Å². The lowest BCUT2D eigenvalue weighted by Crippen LogP contribution is -2.53. The van der Waals surface area contributed by atoms with Crippen LogP contribution in [-0.4, -0.2) is 42.9 Å². The number of hydrogen-bond acceptors (Lipinski definition) is 5. The van der Waals surface area contributed by atoms with Gasteiger partial charge in [0, 0.05) is 25.9 Å². The third-order valence-corrected chi connectivity index (χ3v) is 16.9. The largest absolute Gasteiger partial charge is 0.518 e. The number of hydrogen-bond donors (Lipinski definition) is 0. The van der Waals surface area contributed by atoms with E-state index in [9.17, 15) is 4.79 Å². The fourth-order valence-electron chi connectivity index (χ4n) is 6.40. The Labute approximate surface area is 206 Å². The van der Waals surface area contributed by atoms with Crippen molar-refractivity contribution in [3.63, 3.8) is 0 Å². The summed E-state index contributed by atoms with van der Waals surface area (Å²) in [4.78, 5) is 13.8. The van der Waals surface area contributed by atoms with E-state index >= 15 is 0 Å². The minimum absolute atomic E-state index is 0.0190. The van der Waals surface area contributed by atoms with E-state index in [4.69, 9.17) is 17.7 Å². The van der Waals surface area contributed by atoms with Crippen molar-refractivity contribution in [1.29, 1.82) is 0 Å². The van der Waals surface area contributed by atoms with Gasteiger partial charge in [0.05, 0.1) is 5.92 Å². The summed E-state index contributed by atoms with van der Waals surface area (Å²) < 4.78 is 25.1. The molecule has 0 aromatic carbocycles. The SMILES string of the molecule is CCO[Si](CC(C)C(=O)O[Si](CC(C)C)(C1CCCCC1)C1CCCCC1)(OCC)OCC. The second kappa shape index (κ2) is 14.4. The van der Waals surface area contributed by atoms with E-state index in [0.717, 1.165) is 6.04 Å². The first-order valence-corrected chi connectivity index (χ1v) is 18.2. The second-order valence-electron chi connectivity index (χ2n) is 10.7. The van der Waals surface area contributed by atoms with Crippen LogP contribution in [-0.2, 0) is 22.5 Å². The van der Waals surface area contributed by atoms with Crippen LogP contribution in [0.4, 0.5) is 0 Å². The molecule has 194 valence electrons. The van der Waals surface area contributed by atoms with Crippen LogP contribution in [0.25, 0.3) is 0 Å². The van der Waals surface area contributed by atoms with Crippen molar-refractivity contribution in [2.24, 2.45) is 11.8 Å². The van der Waals surface area contributed by atoms with Gasteiger partial charge in [-0.2, -0.15) is 0 Å². The first-order chi connectivity index (χ1) is 15.8. The molecule has 0 aromatic heterocycles. The molecule has 33 heavy (non-hydrogen) atoms. The number of carbonyl (C=O) groups is 1. The fraction of sp³-hybridized carbons (Fsp3) is 0.962. The standard InChI is InChI=1S/C26H52O5Si2/c1-7-28-33(29-8-2,30-9-3)21-23(6)26(27)31-32(20-22(4)5,24-16-12-10-13-17-24)25-18-14-11-15-19-25/h22-25H,7-21H2,1-6H3. The van der Waals surface area contributed by atoms with E-state index in [0.29, 0.717) is 42.9 Å². The Morgan fingerprint density at radius 1 is 0.727 bits per heavy atom. The zero-order valence-corrected chi connectivity index (χ0v) is 24.5. The van der Waals surface area contributed by atoms with Crippen LogP contribution >= 0.6 is 0 Å². The van der Waals surface area contributed by atoms with Gasteiger partial charge in [-0.1, -0.05) is 59.3 Å². The van der Waals surface area contributed by atoms with Crippen LogP contribution < -0.4 is 0 Å². The minimum Gasteiger partial charge on any atom is -0.518 e. The molecular formula is C26H52O5Si2. The Morgan fingerprint density at radius 3 is 1.52 bits per heavy atom. The molecule has 0 bridgehead atoms. The smallest absolute Gasteiger partial charge is 0.501 e. The van der Waals surface area contributed by atoms with Gasteiger partial charge in [-0.05, 0) is 69.5 Å². The van der Waals surface area contributed by atoms with E-state index in [1.807, 2.05) is 27.7 Å². The highest BCUT2D eigenvalue weighted by molar-refractivity contribution is 6.78. The summed E-state index contributed by atoms with van der Waals surface area (Å²) in [6.07, 6.45) is 12.9. The normalized spacial score (nSPS) is 20.2. The van der Waals surface area contributed by atoms with Crippen LogP contribution in [0.15, 0.2) is 0 Å². The van der Waals surface area contributed by atoms with Crippen molar-refractivity contribution in [1.82, 2.24) is 0 Å². The summed E-state index contributed by atoms with van der Waals surface area (Å²) in [5, 5.41) is 0. The summed E-state index contributed by atoms with van der Waals surface area (Å²) in [7, 11) is -5.16. The molecule has 0 radical (unpaired) electrons. The van der Waals surface area contributed by atoms with Crippen LogP contribution in [0.1, 0.15) is 106 Å². The Morgan fingerprint density at radius 2 is 1.15 bits per heavy atom. The second-order valence-corrected chi connectivity index (χ2v) is 17.5. The van der Waals surface area contributed by atoms with E-state index in [1.54, 1.807) is 0 Å². The molecule has 0 aliphatic heterocycles. The maximum Gasteiger partial charge on any atom is 0.501 e. The maximum atomic E-state index is 13.8. The Kier molecular flexibility index (Phi) is 12.6. The molecule has 0 saturated heterocycles. The molecule has 2 fully saturated rings. The van der Waals surface area contributed by atoms with Crippen LogP contribution in [0.3, 0.4) is 0 Å². The van der Waals surface area contributed by atoms with Crippen molar-refractivity contribution in [2.45, 2.75) is 129 Å². The van der Waals surface area contributed by atoms with Crippen LogP contribution in [0, 0.1) is 11.8 Å². The lowest BCUT2D eigenvalue weighted by atomic mass is 9.99. The minimum atomic E-state index is -2.89. The Balaban J connectivity index is 2.29. The van der Waals surface area contributed by atoms with Crippen molar-refractivity contribution < 1.29 is 22.5 Å². The molecule has 2 aliphatic carbocycles. The lowest BCUT2D eigenvalue weighted by molar-refractivity contribution is -0.139. The lowest BCUT2D eigenvalue weighted by Gasteiger charge is -2.47. The highest BCUT2D eigenvalue weighted by Crippen LogP contribution is 2.52. The molecule has 2 saturated carbocycles. The quantitative estimate of drug-likeness (QED) is 0.231. The summed E-state index contributed by atoms with van der Waals surface area (Å²) >= 11 is 0. The molecule has 1 unspecified atom stereocenters. The number of rotatable bonds is 14. The monoisotopic (exact) mass is 500 g/mol. The molecule has 2 aliphatic rings. The van der Waals surface area contributed by atoms with E-state index < -0.39 is 17.1 Å². The zero-order valence-electron chi connectivity index (χ0n) is 22.5. The molecular weight excluding hydrogens is 448 g/mol. The average molecular weight is 501 g/mol. The topological polar surface area (TPSA) is 54.0 Å². The first kappa shape index (κ1) is 29.0. The van der Waals surface area contributed by atoms with Gasteiger partial charge < -0.3 is 17.7 Å². The van der Waals surface area contributed by atoms with Gasteiger partial charge in [-0.25, -0.2) is 0 Å². The molecule has 7 heteroatoms. The molecule has 0 heterocycles. The van der Waals surface area contributed by atoms with Gasteiger partial charge in [0.25, 0.3) is 14.3 Å². The van der Waals surface area contributed by atoms with Crippen molar-refractivity contribution >= 4 is 23.1 Å². The third-order valence-electron chi connectivity index (χ3n) is 7.66. The molecule has 0 aromatic rings. The predicted octanol–water partition coefficient (Wildman–Crippen LogP) is 7.48. The maximum absolute atomic E-state index is 13.8. The first-order valence-electron chi connectivity index (χ1n) is 14.0.